The number of rotatable bonds is 6. The highest BCUT2D eigenvalue weighted by molar-refractivity contribution is 7.92. The summed E-state index contributed by atoms with van der Waals surface area (Å²) in [7, 11) is -2.57. The van der Waals surface area contributed by atoms with Gasteiger partial charge < -0.3 is 9.84 Å². The van der Waals surface area contributed by atoms with Gasteiger partial charge in [0.25, 0.3) is 10.0 Å². The van der Waals surface area contributed by atoms with Crippen LogP contribution in [0.2, 0.25) is 0 Å². The minimum atomic E-state index is -3.89. The molecule has 0 aliphatic rings. The molecule has 9 heteroatoms. The quantitative estimate of drug-likeness (QED) is 0.754. The molecule has 0 atom stereocenters. The Morgan fingerprint density at radius 2 is 1.91 bits per heavy atom. The van der Waals surface area contributed by atoms with Crippen LogP contribution in [0.1, 0.15) is 23.0 Å². The van der Waals surface area contributed by atoms with E-state index in [4.69, 9.17) is 9.84 Å². The number of carbonyl (C=O) groups is 1. The summed E-state index contributed by atoms with van der Waals surface area (Å²) >= 11 is 0. The van der Waals surface area contributed by atoms with Crippen molar-refractivity contribution in [2.75, 3.05) is 11.8 Å². The fraction of sp³-hybridized carbons (Fsp3) is 0.214. The molecule has 1 aromatic carbocycles. The second-order valence-corrected chi connectivity index (χ2v) is 6.26. The standard InChI is InChI=1S/C14H15N3O5S/c1-9(19)10-3-5-12(6-4-10)23(20,21)17-13-7-11(8-18)15-14(16-13)22-2/h3-7,18H,8H2,1-2H3,(H,15,16,17). The molecule has 122 valence electrons. The Balaban J connectivity index is 2.32. The van der Waals surface area contributed by atoms with Crippen molar-refractivity contribution < 1.29 is 23.1 Å². The predicted molar refractivity (Wildman–Crippen MR) is 81.8 cm³/mol. The number of methoxy groups -OCH3 is 1. The Morgan fingerprint density at radius 3 is 2.43 bits per heavy atom. The third-order valence-electron chi connectivity index (χ3n) is 2.91. The van der Waals surface area contributed by atoms with Crippen molar-refractivity contribution in [3.8, 4) is 6.01 Å². The van der Waals surface area contributed by atoms with Crippen molar-refractivity contribution >= 4 is 21.6 Å². The van der Waals surface area contributed by atoms with E-state index >= 15 is 0 Å². The molecule has 1 heterocycles. The van der Waals surface area contributed by atoms with Crippen LogP contribution in [-0.2, 0) is 16.6 Å². The van der Waals surface area contributed by atoms with Crippen molar-refractivity contribution in [3.63, 3.8) is 0 Å². The number of hydrogen-bond acceptors (Lipinski definition) is 7. The van der Waals surface area contributed by atoms with Crippen LogP contribution in [0.15, 0.2) is 35.2 Å². The first-order valence-corrected chi connectivity index (χ1v) is 8.00. The fourth-order valence-corrected chi connectivity index (χ4v) is 2.76. The number of aromatic nitrogens is 2. The second kappa shape index (κ2) is 6.71. The van der Waals surface area contributed by atoms with E-state index in [0.717, 1.165) is 0 Å². The van der Waals surface area contributed by atoms with Crippen molar-refractivity contribution in [2.24, 2.45) is 0 Å². The summed E-state index contributed by atoms with van der Waals surface area (Å²) < 4.78 is 31.8. The SMILES string of the molecule is COc1nc(CO)cc(NS(=O)(=O)c2ccc(C(C)=O)cc2)n1. The molecule has 0 aliphatic carbocycles. The van der Waals surface area contributed by atoms with Gasteiger partial charge in [0.15, 0.2) is 5.78 Å². The zero-order chi connectivity index (χ0) is 17.0. The third-order valence-corrected chi connectivity index (χ3v) is 4.28. The normalized spacial score (nSPS) is 11.1. The maximum atomic E-state index is 12.3. The van der Waals surface area contributed by atoms with Crippen molar-refractivity contribution in [1.82, 2.24) is 9.97 Å². The highest BCUT2D eigenvalue weighted by Gasteiger charge is 2.16. The Morgan fingerprint density at radius 1 is 1.26 bits per heavy atom. The molecule has 2 rings (SSSR count). The first-order chi connectivity index (χ1) is 10.9. The summed E-state index contributed by atoms with van der Waals surface area (Å²) in [5, 5.41) is 9.12. The van der Waals surface area contributed by atoms with Gasteiger partial charge in [-0.2, -0.15) is 9.97 Å². The summed E-state index contributed by atoms with van der Waals surface area (Å²) in [5.74, 6) is -0.188. The molecule has 0 saturated carbocycles. The Labute approximate surface area is 133 Å². The van der Waals surface area contributed by atoms with Crippen LogP contribution in [-0.4, -0.2) is 36.4 Å². The average Bonchev–Trinajstić information content (AvgIpc) is 2.54. The maximum Gasteiger partial charge on any atom is 0.318 e. The van der Waals surface area contributed by atoms with Crippen LogP contribution < -0.4 is 9.46 Å². The number of ether oxygens (including phenoxy) is 1. The summed E-state index contributed by atoms with van der Waals surface area (Å²) in [6.07, 6.45) is 0. The van der Waals surface area contributed by atoms with E-state index < -0.39 is 10.0 Å². The molecular formula is C14H15N3O5S. The highest BCUT2D eigenvalue weighted by Crippen LogP contribution is 2.18. The Bertz CT molecular complexity index is 797. The molecule has 0 amide bonds. The molecule has 2 N–H and O–H groups in total. The van der Waals surface area contributed by atoms with Crippen LogP contribution in [0.25, 0.3) is 0 Å². The summed E-state index contributed by atoms with van der Waals surface area (Å²) in [6.45, 7) is 1.01. The number of benzene rings is 1. The van der Waals surface area contributed by atoms with Gasteiger partial charge in [-0.3, -0.25) is 9.52 Å². The molecule has 2 aromatic rings. The van der Waals surface area contributed by atoms with Gasteiger partial charge in [-0.05, 0) is 19.1 Å². The van der Waals surface area contributed by atoms with E-state index in [-0.39, 0.29) is 34.8 Å². The molecular weight excluding hydrogens is 322 g/mol. The van der Waals surface area contributed by atoms with Gasteiger partial charge >= 0.3 is 6.01 Å². The molecule has 1 aromatic heterocycles. The number of nitrogens with one attached hydrogen (secondary N) is 1. The average molecular weight is 337 g/mol. The first kappa shape index (κ1) is 16.8. The van der Waals surface area contributed by atoms with Crippen molar-refractivity contribution in [3.05, 3.63) is 41.6 Å². The van der Waals surface area contributed by atoms with Gasteiger partial charge in [-0.1, -0.05) is 12.1 Å². The van der Waals surface area contributed by atoms with E-state index in [9.17, 15) is 13.2 Å². The minimum absolute atomic E-state index is 0.0226. The smallest absolute Gasteiger partial charge is 0.318 e. The number of aliphatic hydroxyl groups is 1. The number of ketones is 1. The predicted octanol–water partition coefficient (Wildman–Crippen LogP) is 0.981. The molecule has 0 saturated heterocycles. The van der Waals surface area contributed by atoms with E-state index in [0.29, 0.717) is 5.56 Å². The third kappa shape index (κ3) is 4.02. The molecule has 0 spiro atoms. The number of sulfonamides is 1. The van der Waals surface area contributed by atoms with Crippen LogP contribution in [0.5, 0.6) is 6.01 Å². The zero-order valence-electron chi connectivity index (χ0n) is 12.5. The van der Waals surface area contributed by atoms with E-state index in [2.05, 4.69) is 14.7 Å². The van der Waals surface area contributed by atoms with Crippen LogP contribution in [0, 0.1) is 0 Å². The maximum absolute atomic E-state index is 12.3. The number of Topliss-reactive ketones (excluding diaryl/α,β-unsaturated/α-hetero) is 1. The highest BCUT2D eigenvalue weighted by atomic mass is 32.2. The number of anilines is 1. The molecule has 0 radical (unpaired) electrons. The Hall–Kier alpha value is -2.52. The van der Waals surface area contributed by atoms with Gasteiger partial charge in [-0.15, -0.1) is 0 Å². The topological polar surface area (TPSA) is 118 Å². The van der Waals surface area contributed by atoms with E-state index in [1.165, 1.54) is 44.4 Å². The zero-order valence-corrected chi connectivity index (χ0v) is 13.3. The lowest BCUT2D eigenvalue weighted by atomic mass is 10.2. The molecule has 23 heavy (non-hydrogen) atoms. The van der Waals surface area contributed by atoms with Crippen LogP contribution in [0.4, 0.5) is 5.82 Å². The summed E-state index contributed by atoms with van der Waals surface area (Å²) in [6, 6.07) is 6.73. The summed E-state index contributed by atoms with van der Waals surface area (Å²) in [4.78, 5) is 18.9. The molecule has 0 aliphatic heterocycles. The lowest BCUT2D eigenvalue weighted by molar-refractivity contribution is 0.101. The molecule has 0 bridgehead atoms. The lowest BCUT2D eigenvalue weighted by Gasteiger charge is -2.09. The molecule has 0 fully saturated rings. The van der Waals surface area contributed by atoms with Gasteiger partial charge in [0.05, 0.1) is 24.3 Å². The van der Waals surface area contributed by atoms with Gasteiger partial charge in [-0.25, -0.2) is 8.42 Å². The fourth-order valence-electron chi connectivity index (χ4n) is 1.76. The summed E-state index contributed by atoms with van der Waals surface area (Å²) in [5.41, 5.74) is 0.622. The van der Waals surface area contributed by atoms with Gasteiger partial charge in [0.2, 0.25) is 0 Å². The van der Waals surface area contributed by atoms with Crippen molar-refractivity contribution in [2.45, 2.75) is 18.4 Å². The van der Waals surface area contributed by atoms with Gasteiger partial charge in [0.1, 0.15) is 5.82 Å². The van der Waals surface area contributed by atoms with Crippen molar-refractivity contribution in [1.29, 1.82) is 0 Å². The number of hydrogen-bond donors (Lipinski definition) is 2. The van der Waals surface area contributed by atoms with Gasteiger partial charge in [0, 0.05) is 11.6 Å². The molecule has 0 unspecified atom stereocenters. The monoisotopic (exact) mass is 337 g/mol. The largest absolute Gasteiger partial charge is 0.467 e. The van der Waals surface area contributed by atoms with E-state index in [1.54, 1.807) is 0 Å². The number of aliphatic hydroxyl groups excluding tert-OH is 1. The second-order valence-electron chi connectivity index (χ2n) is 4.58. The van der Waals surface area contributed by atoms with E-state index in [1.807, 2.05) is 0 Å². The molecule has 8 nitrogen and oxygen atoms in total. The Kier molecular flexibility index (Phi) is 4.92. The number of nitrogens with zero attached hydrogens (tertiary/aromatic N) is 2. The lowest BCUT2D eigenvalue weighted by Crippen LogP contribution is -2.15. The minimum Gasteiger partial charge on any atom is -0.467 e. The van der Waals surface area contributed by atoms with Crippen LogP contribution in [0.3, 0.4) is 0 Å². The first-order valence-electron chi connectivity index (χ1n) is 6.52. The van der Waals surface area contributed by atoms with Crippen LogP contribution >= 0.6 is 0 Å². The number of carbonyl (C=O) groups excluding carboxylic acids is 1.